The van der Waals surface area contributed by atoms with Gasteiger partial charge in [0.1, 0.15) is 12.4 Å². The summed E-state index contributed by atoms with van der Waals surface area (Å²) in [6.07, 6.45) is 3.09. The topological polar surface area (TPSA) is 58.6 Å². The largest absolute Gasteiger partial charge is 0.492 e. The fourth-order valence-corrected chi connectivity index (χ4v) is 5.00. The molecule has 2 heterocycles. The quantitative estimate of drug-likeness (QED) is 0.729. The summed E-state index contributed by atoms with van der Waals surface area (Å²) in [5, 5.41) is 3.34. The lowest BCUT2D eigenvalue weighted by molar-refractivity contribution is 0.144. The average Bonchev–Trinajstić information content (AvgIpc) is 2.94. The molecule has 2 aliphatic heterocycles. The molecular weight excluding hydrogens is 440 g/mol. The number of halogens is 1. The first-order valence-electron chi connectivity index (χ1n) is 10.00. The Morgan fingerprint density at radius 2 is 1.93 bits per heavy atom. The minimum Gasteiger partial charge on any atom is -0.492 e. The second kappa shape index (κ2) is 7.69. The number of hydrogen-bond acceptors (Lipinski definition) is 5. The van der Waals surface area contributed by atoms with Gasteiger partial charge in [0, 0.05) is 36.3 Å². The summed E-state index contributed by atoms with van der Waals surface area (Å²) in [7, 11) is -3.18. The molecule has 1 atom stereocenters. The number of fused-ring (bicyclic) bond motifs is 2. The van der Waals surface area contributed by atoms with E-state index < -0.39 is 9.84 Å². The smallest absolute Gasteiger partial charge is 0.175 e. The molecule has 0 bridgehead atoms. The first-order valence-corrected chi connectivity index (χ1v) is 12.1. The zero-order valence-electron chi connectivity index (χ0n) is 16.8. The molecule has 0 radical (unpaired) electrons. The van der Waals surface area contributed by atoms with Gasteiger partial charge in [-0.15, -0.1) is 0 Å². The van der Waals surface area contributed by atoms with E-state index in [1.807, 2.05) is 6.07 Å². The van der Waals surface area contributed by atoms with E-state index in [2.05, 4.69) is 38.3 Å². The van der Waals surface area contributed by atoms with Crippen molar-refractivity contribution in [2.24, 2.45) is 0 Å². The van der Waals surface area contributed by atoms with Crippen LogP contribution < -0.4 is 10.1 Å². The Bertz CT molecular complexity index is 989. The van der Waals surface area contributed by atoms with E-state index in [9.17, 15) is 8.42 Å². The molecule has 0 aliphatic carbocycles. The summed E-state index contributed by atoms with van der Waals surface area (Å²) in [6, 6.07) is 12.8. The number of nitrogens with one attached hydrogen (secondary N) is 1. The zero-order valence-corrected chi connectivity index (χ0v) is 18.2. The van der Waals surface area contributed by atoms with Crippen LogP contribution in [0.4, 0.5) is 5.69 Å². The van der Waals surface area contributed by atoms with Gasteiger partial charge < -0.3 is 10.1 Å². The van der Waals surface area contributed by atoms with E-state index >= 15 is 0 Å². The Hall–Kier alpha value is -1.57. The number of rotatable bonds is 5. The SMILES string of the molecule is [2H]C1Nc2ccc(Br)cc2C12CCN(CCOc1ccc(S(C)(=O)=O)cc1)CC2. The summed E-state index contributed by atoms with van der Waals surface area (Å²) >= 11 is 3.57. The van der Waals surface area contributed by atoms with Crippen LogP contribution in [0.25, 0.3) is 0 Å². The van der Waals surface area contributed by atoms with Crippen LogP contribution in [0.15, 0.2) is 51.8 Å². The summed E-state index contributed by atoms with van der Waals surface area (Å²) in [5.74, 6) is 0.677. The minimum absolute atomic E-state index is 0.127. The molecule has 5 nitrogen and oxygen atoms in total. The molecule has 2 aromatic carbocycles. The number of sulfone groups is 1. The van der Waals surface area contributed by atoms with Gasteiger partial charge in [0.25, 0.3) is 0 Å². The van der Waals surface area contributed by atoms with Crippen molar-refractivity contribution in [2.75, 3.05) is 44.3 Å². The van der Waals surface area contributed by atoms with Crippen LogP contribution >= 0.6 is 15.9 Å². The molecule has 7 heteroatoms. The maximum absolute atomic E-state index is 11.5. The van der Waals surface area contributed by atoms with Gasteiger partial charge in [-0.1, -0.05) is 15.9 Å². The number of anilines is 1. The number of benzene rings is 2. The number of likely N-dealkylation sites (tertiary alicyclic amines) is 1. The predicted molar refractivity (Wildman–Crippen MR) is 115 cm³/mol. The van der Waals surface area contributed by atoms with Gasteiger partial charge in [0.2, 0.25) is 0 Å². The number of ether oxygens (including phenoxy) is 1. The third-order valence-corrected chi connectivity index (χ3v) is 7.32. The van der Waals surface area contributed by atoms with Crippen molar-refractivity contribution >= 4 is 31.5 Å². The molecular formula is C21H25BrN2O3S. The highest BCUT2D eigenvalue weighted by Gasteiger charge is 2.41. The molecule has 2 aliphatic rings. The van der Waals surface area contributed by atoms with Gasteiger partial charge >= 0.3 is 0 Å². The lowest BCUT2D eigenvalue weighted by Gasteiger charge is -2.39. The van der Waals surface area contributed by atoms with Crippen molar-refractivity contribution in [3.8, 4) is 5.75 Å². The maximum atomic E-state index is 11.5. The average molecular weight is 466 g/mol. The van der Waals surface area contributed by atoms with E-state index in [4.69, 9.17) is 6.11 Å². The van der Waals surface area contributed by atoms with Crippen molar-refractivity contribution in [3.05, 3.63) is 52.5 Å². The highest BCUT2D eigenvalue weighted by Crippen LogP contribution is 2.44. The molecule has 150 valence electrons. The molecule has 1 unspecified atom stereocenters. The molecule has 0 amide bonds. The van der Waals surface area contributed by atoms with E-state index in [1.54, 1.807) is 24.3 Å². The fourth-order valence-electron chi connectivity index (χ4n) is 4.01. The normalized spacial score (nSPS) is 21.8. The van der Waals surface area contributed by atoms with Gasteiger partial charge in [0.05, 0.1) is 4.90 Å². The molecule has 1 saturated heterocycles. The molecule has 1 fully saturated rings. The third-order valence-electron chi connectivity index (χ3n) is 5.70. The van der Waals surface area contributed by atoms with Gasteiger partial charge in [0.15, 0.2) is 9.84 Å². The van der Waals surface area contributed by atoms with Gasteiger partial charge in [-0.25, -0.2) is 8.42 Å². The molecule has 1 spiro atoms. The van der Waals surface area contributed by atoms with E-state index in [0.29, 0.717) is 17.3 Å². The van der Waals surface area contributed by atoms with Crippen LogP contribution in [0.5, 0.6) is 5.75 Å². The predicted octanol–water partition coefficient (Wildman–Crippen LogP) is 3.69. The number of nitrogens with zero attached hydrogens (tertiary/aromatic N) is 1. The zero-order chi connectivity index (χ0) is 20.6. The van der Waals surface area contributed by atoms with Crippen LogP contribution in [0.2, 0.25) is 0 Å². The van der Waals surface area contributed by atoms with Crippen LogP contribution in [0, 0.1) is 0 Å². The van der Waals surface area contributed by atoms with Crippen molar-refractivity contribution in [1.82, 2.24) is 4.90 Å². The minimum atomic E-state index is -3.18. The van der Waals surface area contributed by atoms with Crippen LogP contribution in [-0.2, 0) is 15.3 Å². The van der Waals surface area contributed by atoms with Crippen LogP contribution in [-0.4, -0.2) is 52.3 Å². The van der Waals surface area contributed by atoms with Crippen molar-refractivity contribution < 1.29 is 14.5 Å². The molecule has 2 aromatic rings. The Labute approximate surface area is 176 Å². The Morgan fingerprint density at radius 1 is 1.21 bits per heavy atom. The summed E-state index contributed by atoms with van der Waals surface area (Å²) in [4.78, 5) is 2.67. The van der Waals surface area contributed by atoms with Gasteiger partial charge in [-0.05, 0) is 74.0 Å². The first kappa shape index (κ1) is 18.5. The van der Waals surface area contributed by atoms with Crippen molar-refractivity contribution in [2.45, 2.75) is 23.2 Å². The van der Waals surface area contributed by atoms with Gasteiger partial charge in [-0.2, -0.15) is 0 Å². The van der Waals surface area contributed by atoms with Crippen LogP contribution in [0.1, 0.15) is 19.8 Å². The first-order chi connectivity index (χ1) is 13.8. The number of piperidine rings is 1. The summed E-state index contributed by atoms with van der Waals surface area (Å²) in [6.45, 7) is 2.92. The van der Waals surface area contributed by atoms with Gasteiger partial charge in [-0.3, -0.25) is 4.90 Å². The lowest BCUT2D eigenvalue weighted by atomic mass is 9.74. The highest BCUT2D eigenvalue weighted by molar-refractivity contribution is 9.10. The Kier molecular flexibility index (Phi) is 5.07. The Morgan fingerprint density at radius 3 is 2.61 bits per heavy atom. The van der Waals surface area contributed by atoms with E-state index in [0.717, 1.165) is 42.6 Å². The molecule has 0 aromatic heterocycles. The van der Waals surface area contributed by atoms with E-state index in [1.165, 1.54) is 11.8 Å². The number of hydrogen-bond donors (Lipinski definition) is 1. The maximum Gasteiger partial charge on any atom is 0.175 e. The van der Waals surface area contributed by atoms with E-state index in [-0.39, 0.29) is 11.9 Å². The highest BCUT2D eigenvalue weighted by atomic mass is 79.9. The third kappa shape index (κ3) is 4.07. The van der Waals surface area contributed by atoms with Crippen LogP contribution in [0.3, 0.4) is 0 Å². The second-order valence-electron chi connectivity index (χ2n) is 7.57. The second-order valence-corrected chi connectivity index (χ2v) is 10.5. The molecule has 1 N–H and O–H groups in total. The van der Waals surface area contributed by atoms with Crippen molar-refractivity contribution in [1.29, 1.82) is 0 Å². The lowest BCUT2D eigenvalue weighted by Crippen LogP contribution is -2.44. The monoisotopic (exact) mass is 465 g/mol. The summed E-state index contributed by atoms with van der Waals surface area (Å²) in [5.41, 5.74) is 2.22. The van der Waals surface area contributed by atoms with Crippen molar-refractivity contribution in [3.63, 3.8) is 0 Å². The fraction of sp³-hybridized carbons (Fsp3) is 0.429. The molecule has 4 rings (SSSR count). The Balaban J connectivity index is 1.32. The summed E-state index contributed by atoms with van der Waals surface area (Å²) < 4.78 is 38.5. The molecule has 0 saturated carbocycles. The standard InChI is InChI=1S/C21H25BrN2O3S/c1-28(25,26)18-5-3-17(4-6-18)27-13-12-24-10-8-21(9-11-24)15-23-20-7-2-16(22)14-19(20)21/h2-7,14,23H,8-13,15H2,1H3/i15D. The molecule has 28 heavy (non-hydrogen) atoms.